The topological polar surface area (TPSA) is 51.2 Å². The van der Waals surface area contributed by atoms with Crippen molar-refractivity contribution in [3.05, 3.63) is 23.4 Å². The van der Waals surface area contributed by atoms with E-state index in [9.17, 15) is 4.79 Å². The lowest BCUT2D eigenvalue weighted by molar-refractivity contribution is 0.0904. The standard InChI is InChI=1S/C20H28N2O2/c1-13-4-2-3-5-17(13)21-19(23)18-11-10-16(15-8-9-15)20(22-18)24-12-14-6-7-14/h10-11,13-15,17H,2-9,12H2,1H3,(H,21,23). The Kier molecular flexibility index (Phi) is 4.47. The van der Waals surface area contributed by atoms with Crippen molar-refractivity contribution in [2.24, 2.45) is 11.8 Å². The number of hydrogen-bond donors (Lipinski definition) is 1. The molecule has 130 valence electrons. The van der Waals surface area contributed by atoms with E-state index in [2.05, 4.69) is 23.3 Å². The van der Waals surface area contributed by atoms with Crippen LogP contribution in [-0.4, -0.2) is 23.5 Å². The van der Waals surface area contributed by atoms with Crippen LogP contribution in [0.4, 0.5) is 0 Å². The van der Waals surface area contributed by atoms with E-state index in [1.165, 1.54) is 50.5 Å². The molecule has 0 aliphatic heterocycles. The van der Waals surface area contributed by atoms with Crippen molar-refractivity contribution in [2.45, 2.75) is 70.3 Å². The molecule has 2 unspecified atom stereocenters. The third-order valence-corrected chi connectivity index (χ3v) is 5.72. The molecule has 0 aromatic carbocycles. The number of hydrogen-bond acceptors (Lipinski definition) is 3. The van der Waals surface area contributed by atoms with E-state index < -0.39 is 0 Å². The molecular formula is C20H28N2O2. The zero-order chi connectivity index (χ0) is 16.5. The summed E-state index contributed by atoms with van der Waals surface area (Å²) in [6.07, 6.45) is 9.73. The minimum atomic E-state index is -0.0487. The fraction of sp³-hybridized carbons (Fsp3) is 0.700. The Bertz CT molecular complexity index is 608. The summed E-state index contributed by atoms with van der Waals surface area (Å²) >= 11 is 0. The molecule has 3 fully saturated rings. The van der Waals surface area contributed by atoms with Crippen LogP contribution in [0.25, 0.3) is 0 Å². The number of ether oxygens (including phenoxy) is 1. The van der Waals surface area contributed by atoms with Crippen LogP contribution < -0.4 is 10.1 Å². The predicted molar refractivity (Wildman–Crippen MR) is 93.3 cm³/mol. The quantitative estimate of drug-likeness (QED) is 0.857. The van der Waals surface area contributed by atoms with Crippen LogP contribution in [0.5, 0.6) is 5.88 Å². The first-order chi connectivity index (χ1) is 11.7. The summed E-state index contributed by atoms with van der Waals surface area (Å²) in [6.45, 7) is 2.98. The van der Waals surface area contributed by atoms with E-state index in [4.69, 9.17) is 4.74 Å². The second-order valence-corrected chi connectivity index (χ2v) is 7.96. The smallest absolute Gasteiger partial charge is 0.270 e. The van der Waals surface area contributed by atoms with Crippen molar-refractivity contribution in [1.29, 1.82) is 0 Å². The number of pyridine rings is 1. The molecule has 1 N–H and O–H groups in total. The number of amides is 1. The van der Waals surface area contributed by atoms with Gasteiger partial charge in [0.25, 0.3) is 5.91 Å². The monoisotopic (exact) mass is 328 g/mol. The number of nitrogens with one attached hydrogen (secondary N) is 1. The molecule has 0 bridgehead atoms. The molecule has 0 saturated heterocycles. The summed E-state index contributed by atoms with van der Waals surface area (Å²) in [7, 11) is 0. The fourth-order valence-corrected chi connectivity index (χ4v) is 3.65. The van der Waals surface area contributed by atoms with E-state index >= 15 is 0 Å². The number of carbonyl (C=O) groups excluding carboxylic acids is 1. The molecule has 0 spiro atoms. The van der Waals surface area contributed by atoms with Crippen molar-refractivity contribution in [3.8, 4) is 5.88 Å². The third kappa shape index (κ3) is 3.73. The highest BCUT2D eigenvalue weighted by molar-refractivity contribution is 5.92. The van der Waals surface area contributed by atoms with Gasteiger partial charge in [-0.05, 0) is 62.3 Å². The van der Waals surface area contributed by atoms with Crippen molar-refractivity contribution in [2.75, 3.05) is 6.61 Å². The lowest BCUT2D eigenvalue weighted by atomic mass is 9.86. The third-order valence-electron chi connectivity index (χ3n) is 5.72. The van der Waals surface area contributed by atoms with Gasteiger partial charge in [0.2, 0.25) is 5.88 Å². The lowest BCUT2D eigenvalue weighted by Gasteiger charge is -2.29. The average molecular weight is 328 g/mol. The molecule has 1 aromatic rings. The van der Waals surface area contributed by atoms with Gasteiger partial charge in [-0.3, -0.25) is 4.79 Å². The molecule has 2 atom stereocenters. The maximum atomic E-state index is 12.6. The molecule has 1 heterocycles. The van der Waals surface area contributed by atoms with Crippen molar-refractivity contribution in [3.63, 3.8) is 0 Å². The summed E-state index contributed by atoms with van der Waals surface area (Å²) < 4.78 is 5.97. The van der Waals surface area contributed by atoms with E-state index in [1.54, 1.807) is 0 Å². The van der Waals surface area contributed by atoms with Gasteiger partial charge in [0.1, 0.15) is 5.69 Å². The van der Waals surface area contributed by atoms with Crippen molar-refractivity contribution >= 4 is 5.91 Å². The van der Waals surface area contributed by atoms with Crippen molar-refractivity contribution < 1.29 is 9.53 Å². The molecule has 3 aliphatic rings. The van der Waals surface area contributed by atoms with Gasteiger partial charge < -0.3 is 10.1 Å². The molecule has 3 saturated carbocycles. The molecule has 1 aromatic heterocycles. The second-order valence-electron chi connectivity index (χ2n) is 7.96. The van der Waals surface area contributed by atoms with E-state index in [1.807, 2.05) is 6.07 Å². The number of rotatable bonds is 6. The van der Waals surface area contributed by atoms with Crippen LogP contribution in [0.1, 0.15) is 80.3 Å². The molecule has 0 radical (unpaired) electrons. The van der Waals surface area contributed by atoms with Gasteiger partial charge in [-0.15, -0.1) is 0 Å². The molecular weight excluding hydrogens is 300 g/mol. The Hall–Kier alpha value is -1.58. The van der Waals surface area contributed by atoms with Gasteiger partial charge in [-0.1, -0.05) is 25.8 Å². The number of carbonyl (C=O) groups is 1. The molecule has 3 aliphatic carbocycles. The highest BCUT2D eigenvalue weighted by atomic mass is 16.5. The van der Waals surface area contributed by atoms with Crippen LogP contribution in [0.3, 0.4) is 0 Å². The Morgan fingerprint density at radius 1 is 1.17 bits per heavy atom. The Morgan fingerprint density at radius 2 is 1.96 bits per heavy atom. The minimum absolute atomic E-state index is 0.0487. The average Bonchev–Trinajstić information content (AvgIpc) is 3.48. The van der Waals surface area contributed by atoms with Crippen LogP contribution in [0.2, 0.25) is 0 Å². The zero-order valence-electron chi connectivity index (χ0n) is 14.6. The number of aromatic nitrogens is 1. The Labute approximate surface area is 144 Å². The summed E-state index contributed by atoms with van der Waals surface area (Å²) in [5.74, 6) is 2.49. The first-order valence-corrected chi connectivity index (χ1v) is 9.65. The molecule has 4 rings (SSSR count). The number of nitrogens with zero attached hydrogens (tertiary/aromatic N) is 1. The highest BCUT2D eigenvalue weighted by Crippen LogP contribution is 2.44. The van der Waals surface area contributed by atoms with E-state index in [-0.39, 0.29) is 11.9 Å². The van der Waals surface area contributed by atoms with Gasteiger partial charge in [-0.25, -0.2) is 4.98 Å². The predicted octanol–water partition coefficient (Wildman–Crippen LogP) is 4.06. The van der Waals surface area contributed by atoms with Gasteiger partial charge >= 0.3 is 0 Å². The van der Waals surface area contributed by atoms with E-state index in [0.29, 0.717) is 29.3 Å². The van der Waals surface area contributed by atoms with Gasteiger partial charge in [0, 0.05) is 11.6 Å². The Morgan fingerprint density at radius 3 is 2.67 bits per heavy atom. The lowest BCUT2D eigenvalue weighted by Crippen LogP contribution is -2.41. The van der Waals surface area contributed by atoms with Crippen LogP contribution in [0.15, 0.2) is 12.1 Å². The minimum Gasteiger partial charge on any atom is -0.477 e. The summed E-state index contributed by atoms with van der Waals surface area (Å²) in [5, 5.41) is 3.20. The Balaban J connectivity index is 1.46. The van der Waals surface area contributed by atoms with Crippen molar-refractivity contribution in [1.82, 2.24) is 10.3 Å². The van der Waals surface area contributed by atoms with Crippen LogP contribution in [0, 0.1) is 11.8 Å². The first kappa shape index (κ1) is 15.9. The maximum Gasteiger partial charge on any atom is 0.270 e. The fourth-order valence-electron chi connectivity index (χ4n) is 3.65. The highest BCUT2D eigenvalue weighted by Gasteiger charge is 2.30. The SMILES string of the molecule is CC1CCCCC1NC(=O)c1ccc(C2CC2)c(OCC2CC2)n1. The van der Waals surface area contributed by atoms with Crippen LogP contribution in [-0.2, 0) is 0 Å². The first-order valence-electron chi connectivity index (χ1n) is 9.65. The van der Waals surface area contributed by atoms with E-state index in [0.717, 1.165) is 13.0 Å². The second kappa shape index (κ2) is 6.73. The van der Waals surface area contributed by atoms with Crippen LogP contribution >= 0.6 is 0 Å². The molecule has 4 nitrogen and oxygen atoms in total. The molecule has 4 heteroatoms. The summed E-state index contributed by atoms with van der Waals surface area (Å²) in [4.78, 5) is 17.2. The summed E-state index contributed by atoms with van der Waals surface area (Å²) in [6, 6.07) is 4.22. The largest absolute Gasteiger partial charge is 0.477 e. The normalized spacial score (nSPS) is 26.9. The summed E-state index contributed by atoms with van der Waals surface area (Å²) in [5.41, 5.74) is 1.70. The van der Waals surface area contributed by atoms with Gasteiger partial charge in [-0.2, -0.15) is 0 Å². The zero-order valence-corrected chi connectivity index (χ0v) is 14.6. The van der Waals surface area contributed by atoms with Gasteiger partial charge in [0.05, 0.1) is 6.61 Å². The molecule has 1 amide bonds. The van der Waals surface area contributed by atoms with Gasteiger partial charge in [0.15, 0.2) is 0 Å². The maximum absolute atomic E-state index is 12.6. The molecule has 24 heavy (non-hydrogen) atoms.